The van der Waals surface area contributed by atoms with Crippen molar-refractivity contribution >= 4 is 23.2 Å². The third-order valence-corrected chi connectivity index (χ3v) is 5.02. The van der Waals surface area contributed by atoms with E-state index in [-0.39, 0.29) is 0 Å². The van der Waals surface area contributed by atoms with E-state index in [1.165, 1.54) is 5.69 Å². The van der Waals surface area contributed by atoms with Crippen LogP contribution in [0.4, 0.5) is 5.69 Å². The summed E-state index contributed by atoms with van der Waals surface area (Å²) in [5.41, 5.74) is 1.22. The Morgan fingerprint density at radius 3 is 2.68 bits per heavy atom. The van der Waals surface area contributed by atoms with E-state index in [1.807, 2.05) is 30.1 Å². The van der Waals surface area contributed by atoms with Crippen LogP contribution >= 0.6 is 11.6 Å². The first-order chi connectivity index (χ1) is 10.6. The van der Waals surface area contributed by atoms with Crippen molar-refractivity contribution in [3.8, 4) is 0 Å². The zero-order valence-electron chi connectivity index (χ0n) is 13.2. The summed E-state index contributed by atoms with van der Waals surface area (Å²) in [6, 6.07) is 8.10. The van der Waals surface area contributed by atoms with Crippen LogP contribution in [0.3, 0.4) is 0 Å². The molecule has 0 radical (unpaired) electrons. The molecule has 0 bridgehead atoms. The van der Waals surface area contributed by atoms with Crippen molar-refractivity contribution in [2.24, 2.45) is 5.92 Å². The smallest absolute Gasteiger partial charge is 0.222 e. The fraction of sp³-hybridized carbons (Fsp3) is 0.588. The van der Waals surface area contributed by atoms with Crippen LogP contribution in [-0.2, 0) is 4.79 Å². The number of nitrogens with zero attached hydrogens (tertiary/aromatic N) is 3. The van der Waals surface area contributed by atoms with Gasteiger partial charge in [-0.2, -0.15) is 0 Å². The summed E-state index contributed by atoms with van der Waals surface area (Å²) in [5.74, 6) is 0.919. The summed E-state index contributed by atoms with van der Waals surface area (Å²) < 4.78 is 0. The van der Waals surface area contributed by atoms with E-state index in [0.717, 1.165) is 50.7 Å². The largest absolute Gasteiger partial charge is 0.369 e. The van der Waals surface area contributed by atoms with Gasteiger partial charge < -0.3 is 9.80 Å². The molecule has 1 unspecified atom stereocenters. The summed E-state index contributed by atoms with van der Waals surface area (Å²) in [6.45, 7) is 6.28. The summed E-state index contributed by atoms with van der Waals surface area (Å²) in [5, 5.41) is 0.801. The Morgan fingerprint density at radius 1 is 1.23 bits per heavy atom. The van der Waals surface area contributed by atoms with Crippen molar-refractivity contribution in [3.63, 3.8) is 0 Å². The van der Waals surface area contributed by atoms with Crippen LogP contribution in [0.2, 0.25) is 5.02 Å². The highest BCUT2D eigenvalue weighted by atomic mass is 35.5. The molecule has 1 amide bonds. The Labute approximate surface area is 137 Å². The number of carbonyl (C=O) groups excluding carboxylic acids is 1. The monoisotopic (exact) mass is 321 g/mol. The number of carbonyl (C=O) groups is 1. The minimum atomic E-state index is 0.294. The highest BCUT2D eigenvalue weighted by molar-refractivity contribution is 6.30. The van der Waals surface area contributed by atoms with Crippen LogP contribution in [0, 0.1) is 5.92 Å². The number of hydrogen-bond acceptors (Lipinski definition) is 3. The maximum Gasteiger partial charge on any atom is 0.222 e. The van der Waals surface area contributed by atoms with E-state index in [9.17, 15) is 4.79 Å². The van der Waals surface area contributed by atoms with Crippen LogP contribution < -0.4 is 4.90 Å². The molecular weight excluding hydrogens is 298 g/mol. The molecule has 2 fully saturated rings. The number of anilines is 1. The summed E-state index contributed by atoms with van der Waals surface area (Å²) >= 11 is 6.08. The molecule has 4 nitrogen and oxygen atoms in total. The van der Waals surface area contributed by atoms with Crippen LogP contribution in [0.1, 0.15) is 12.8 Å². The molecule has 2 heterocycles. The van der Waals surface area contributed by atoms with E-state index in [4.69, 9.17) is 11.6 Å². The van der Waals surface area contributed by atoms with Gasteiger partial charge in [-0.15, -0.1) is 0 Å². The van der Waals surface area contributed by atoms with Crippen LogP contribution in [0.25, 0.3) is 0 Å². The first-order valence-corrected chi connectivity index (χ1v) is 8.46. The number of amides is 1. The fourth-order valence-electron chi connectivity index (χ4n) is 3.47. The highest BCUT2D eigenvalue weighted by Gasteiger charge is 2.26. The second-order valence-electron chi connectivity index (χ2n) is 6.45. The van der Waals surface area contributed by atoms with E-state index in [2.05, 4.69) is 15.9 Å². The quantitative estimate of drug-likeness (QED) is 0.855. The van der Waals surface area contributed by atoms with Crippen molar-refractivity contribution < 1.29 is 4.79 Å². The molecule has 0 N–H and O–H groups in total. The standard InChI is InChI=1S/C17H24ClN3O/c1-19-12-14(5-6-17(19)22)13-20-7-9-21(10-8-20)16-4-2-3-15(18)11-16/h2-4,11,14H,5-10,12-13H2,1H3. The molecule has 1 aromatic carbocycles. The van der Waals surface area contributed by atoms with Gasteiger partial charge in [-0.05, 0) is 30.5 Å². The van der Waals surface area contributed by atoms with Gasteiger partial charge in [-0.3, -0.25) is 9.69 Å². The highest BCUT2D eigenvalue weighted by Crippen LogP contribution is 2.22. The van der Waals surface area contributed by atoms with Crippen LogP contribution in [-0.4, -0.2) is 62.0 Å². The minimum Gasteiger partial charge on any atom is -0.369 e. The third kappa shape index (κ3) is 3.73. The Morgan fingerprint density at radius 2 is 2.00 bits per heavy atom. The van der Waals surface area contributed by atoms with Crippen molar-refractivity contribution in [1.82, 2.24) is 9.80 Å². The van der Waals surface area contributed by atoms with Crippen molar-refractivity contribution in [2.75, 3.05) is 51.2 Å². The molecule has 22 heavy (non-hydrogen) atoms. The van der Waals surface area contributed by atoms with E-state index in [1.54, 1.807) is 0 Å². The maximum absolute atomic E-state index is 11.6. The predicted molar refractivity (Wildman–Crippen MR) is 90.5 cm³/mol. The molecule has 1 aromatic rings. The number of likely N-dealkylation sites (tertiary alicyclic amines) is 1. The van der Waals surface area contributed by atoms with E-state index in [0.29, 0.717) is 18.2 Å². The summed E-state index contributed by atoms with van der Waals surface area (Å²) in [7, 11) is 1.92. The lowest BCUT2D eigenvalue weighted by atomic mass is 9.97. The van der Waals surface area contributed by atoms with Gasteiger partial charge in [0.2, 0.25) is 5.91 Å². The molecule has 0 aromatic heterocycles. The zero-order valence-corrected chi connectivity index (χ0v) is 13.9. The molecule has 2 saturated heterocycles. The molecule has 1 atom stereocenters. The number of rotatable bonds is 3. The third-order valence-electron chi connectivity index (χ3n) is 4.79. The zero-order chi connectivity index (χ0) is 15.5. The first-order valence-electron chi connectivity index (χ1n) is 8.08. The van der Waals surface area contributed by atoms with Gasteiger partial charge in [0.15, 0.2) is 0 Å². The van der Waals surface area contributed by atoms with E-state index >= 15 is 0 Å². The Balaban J connectivity index is 1.49. The van der Waals surface area contributed by atoms with Gasteiger partial charge in [0.05, 0.1) is 0 Å². The minimum absolute atomic E-state index is 0.294. The van der Waals surface area contributed by atoms with Gasteiger partial charge in [0.25, 0.3) is 0 Å². The Kier molecular flexibility index (Phi) is 4.89. The maximum atomic E-state index is 11.6. The van der Waals surface area contributed by atoms with Crippen molar-refractivity contribution in [1.29, 1.82) is 0 Å². The molecule has 0 saturated carbocycles. The summed E-state index contributed by atoms with van der Waals surface area (Å²) in [4.78, 5) is 18.4. The average molecular weight is 322 g/mol. The topological polar surface area (TPSA) is 26.8 Å². The molecule has 0 aliphatic carbocycles. The Hall–Kier alpha value is -1.26. The van der Waals surface area contributed by atoms with Gasteiger partial charge in [0, 0.05) is 63.4 Å². The normalized spacial score (nSPS) is 23.9. The lowest BCUT2D eigenvalue weighted by molar-refractivity contribution is -0.133. The lowest BCUT2D eigenvalue weighted by Crippen LogP contribution is -2.49. The second kappa shape index (κ2) is 6.88. The Bertz CT molecular complexity index is 528. The van der Waals surface area contributed by atoms with E-state index < -0.39 is 0 Å². The second-order valence-corrected chi connectivity index (χ2v) is 6.88. The van der Waals surface area contributed by atoms with Crippen molar-refractivity contribution in [3.05, 3.63) is 29.3 Å². The molecular formula is C17H24ClN3O. The molecule has 3 rings (SSSR count). The van der Waals surface area contributed by atoms with Gasteiger partial charge in [-0.25, -0.2) is 0 Å². The van der Waals surface area contributed by atoms with Crippen LogP contribution in [0.5, 0.6) is 0 Å². The van der Waals surface area contributed by atoms with Gasteiger partial charge >= 0.3 is 0 Å². The number of benzene rings is 1. The predicted octanol–water partition coefficient (Wildman–Crippen LogP) is 2.33. The van der Waals surface area contributed by atoms with Crippen molar-refractivity contribution in [2.45, 2.75) is 12.8 Å². The number of hydrogen-bond donors (Lipinski definition) is 0. The molecule has 0 spiro atoms. The lowest BCUT2D eigenvalue weighted by Gasteiger charge is -2.39. The molecule has 120 valence electrons. The molecule has 2 aliphatic rings. The summed E-state index contributed by atoms with van der Waals surface area (Å²) in [6.07, 6.45) is 1.75. The van der Waals surface area contributed by atoms with Crippen LogP contribution in [0.15, 0.2) is 24.3 Å². The number of halogens is 1. The van der Waals surface area contributed by atoms with Gasteiger partial charge in [-0.1, -0.05) is 17.7 Å². The molecule has 2 aliphatic heterocycles. The molecule has 5 heteroatoms. The fourth-order valence-corrected chi connectivity index (χ4v) is 3.66. The number of piperidine rings is 1. The van der Waals surface area contributed by atoms with Gasteiger partial charge in [0.1, 0.15) is 0 Å². The first kappa shape index (κ1) is 15.6. The SMILES string of the molecule is CN1CC(CN2CCN(c3cccc(Cl)c3)CC2)CCC1=O. The average Bonchev–Trinajstić information content (AvgIpc) is 2.52. The number of piperazine rings is 1.